The molecule has 0 radical (unpaired) electrons. The van der Waals surface area contributed by atoms with Gasteiger partial charge in [0.15, 0.2) is 0 Å². The van der Waals surface area contributed by atoms with E-state index < -0.39 is 6.09 Å². The van der Waals surface area contributed by atoms with Crippen LogP contribution in [0.1, 0.15) is 27.7 Å². The highest BCUT2D eigenvalue weighted by molar-refractivity contribution is 5.66. The number of rotatable bonds is 0. The van der Waals surface area contributed by atoms with Gasteiger partial charge in [0.25, 0.3) is 0 Å². The van der Waals surface area contributed by atoms with Gasteiger partial charge < -0.3 is 10.0 Å². The van der Waals surface area contributed by atoms with E-state index in [0.29, 0.717) is 12.5 Å². The standard InChI is InChI=1S/C9H17NO2/c1-6-5-10(8(11)12)7(6)9(2,3)4/h6-7H,5H2,1-4H3,(H,11,12). The van der Waals surface area contributed by atoms with Crippen LogP contribution in [-0.2, 0) is 0 Å². The molecule has 1 saturated heterocycles. The minimum absolute atomic E-state index is 0.0655. The lowest BCUT2D eigenvalue weighted by atomic mass is 9.73. The lowest BCUT2D eigenvalue weighted by Crippen LogP contribution is -2.62. The molecule has 1 amide bonds. The number of hydrogen-bond acceptors (Lipinski definition) is 1. The maximum atomic E-state index is 10.7. The Morgan fingerprint density at radius 1 is 1.50 bits per heavy atom. The number of carbonyl (C=O) groups is 1. The number of carboxylic acid groups (broad SMARTS) is 1. The molecule has 0 aliphatic carbocycles. The van der Waals surface area contributed by atoms with Crippen molar-refractivity contribution in [3.63, 3.8) is 0 Å². The van der Waals surface area contributed by atoms with Crippen LogP contribution < -0.4 is 0 Å². The van der Waals surface area contributed by atoms with Crippen molar-refractivity contribution in [1.82, 2.24) is 4.90 Å². The van der Waals surface area contributed by atoms with Crippen molar-refractivity contribution in [3.8, 4) is 0 Å². The van der Waals surface area contributed by atoms with E-state index in [1.54, 1.807) is 0 Å². The van der Waals surface area contributed by atoms with Gasteiger partial charge in [0.1, 0.15) is 0 Å². The van der Waals surface area contributed by atoms with Crippen molar-refractivity contribution in [3.05, 3.63) is 0 Å². The third-order valence-corrected chi connectivity index (χ3v) is 2.49. The first-order valence-corrected chi connectivity index (χ1v) is 4.33. The Kier molecular flexibility index (Phi) is 2.06. The summed E-state index contributed by atoms with van der Waals surface area (Å²) in [6, 6.07) is 0.190. The lowest BCUT2D eigenvalue weighted by Gasteiger charge is -2.51. The summed E-state index contributed by atoms with van der Waals surface area (Å²) in [6.07, 6.45) is -0.784. The third kappa shape index (κ3) is 1.40. The summed E-state index contributed by atoms with van der Waals surface area (Å²) in [4.78, 5) is 12.2. The number of hydrogen-bond donors (Lipinski definition) is 1. The molecule has 0 aromatic heterocycles. The molecule has 0 aromatic rings. The van der Waals surface area contributed by atoms with E-state index in [0.717, 1.165) is 0 Å². The summed E-state index contributed by atoms with van der Waals surface area (Å²) in [5, 5.41) is 8.81. The van der Waals surface area contributed by atoms with Gasteiger partial charge in [-0.25, -0.2) is 4.79 Å². The number of likely N-dealkylation sites (tertiary alicyclic amines) is 1. The highest BCUT2D eigenvalue weighted by atomic mass is 16.4. The highest BCUT2D eigenvalue weighted by Crippen LogP contribution is 2.37. The minimum atomic E-state index is -0.784. The topological polar surface area (TPSA) is 40.5 Å². The van der Waals surface area contributed by atoms with Crippen molar-refractivity contribution in [2.45, 2.75) is 33.7 Å². The van der Waals surface area contributed by atoms with Gasteiger partial charge in [-0.1, -0.05) is 27.7 Å². The van der Waals surface area contributed by atoms with Crippen molar-refractivity contribution < 1.29 is 9.90 Å². The van der Waals surface area contributed by atoms with Crippen LogP contribution in [0.15, 0.2) is 0 Å². The van der Waals surface area contributed by atoms with Gasteiger partial charge in [0.2, 0.25) is 0 Å². The fourth-order valence-electron chi connectivity index (χ4n) is 2.21. The molecule has 1 rings (SSSR count). The van der Waals surface area contributed by atoms with E-state index in [1.165, 1.54) is 4.90 Å². The van der Waals surface area contributed by atoms with Crippen molar-refractivity contribution >= 4 is 6.09 Å². The first-order valence-electron chi connectivity index (χ1n) is 4.33. The Labute approximate surface area is 73.4 Å². The largest absolute Gasteiger partial charge is 0.465 e. The van der Waals surface area contributed by atoms with Gasteiger partial charge in [-0.05, 0) is 11.3 Å². The van der Waals surface area contributed by atoms with E-state index in [4.69, 9.17) is 5.11 Å². The second-order valence-electron chi connectivity index (χ2n) is 4.72. The second-order valence-corrected chi connectivity index (χ2v) is 4.72. The van der Waals surface area contributed by atoms with Crippen molar-refractivity contribution in [2.75, 3.05) is 6.54 Å². The smallest absolute Gasteiger partial charge is 0.407 e. The summed E-state index contributed by atoms with van der Waals surface area (Å²) in [5.41, 5.74) is 0.0655. The van der Waals surface area contributed by atoms with E-state index in [9.17, 15) is 4.79 Å². The molecule has 70 valence electrons. The molecule has 0 bridgehead atoms. The molecular weight excluding hydrogens is 154 g/mol. The van der Waals surface area contributed by atoms with Crippen molar-refractivity contribution in [1.29, 1.82) is 0 Å². The Morgan fingerprint density at radius 2 is 2.00 bits per heavy atom. The van der Waals surface area contributed by atoms with Gasteiger partial charge in [0.05, 0.1) is 0 Å². The summed E-state index contributed by atoms with van der Waals surface area (Å²) < 4.78 is 0. The predicted molar refractivity (Wildman–Crippen MR) is 47.1 cm³/mol. The summed E-state index contributed by atoms with van der Waals surface area (Å²) in [6.45, 7) is 9.06. The molecule has 1 aliphatic heterocycles. The van der Waals surface area contributed by atoms with Crippen LogP contribution in [-0.4, -0.2) is 28.7 Å². The van der Waals surface area contributed by atoms with Gasteiger partial charge in [0, 0.05) is 12.6 Å². The van der Waals surface area contributed by atoms with Crippen LogP contribution in [0.25, 0.3) is 0 Å². The lowest BCUT2D eigenvalue weighted by molar-refractivity contribution is -0.0265. The quantitative estimate of drug-likeness (QED) is 0.605. The highest BCUT2D eigenvalue weighted by Gasteiger charge is 2.45. The predicted octanol–water partition coefficient (Wildman–Crippen LogP) is 2.03. The van der Waals surface area contributed by atoms with Gasteiger partial charge in [-0.2, -0.15) is 0 Å². The molecule has 3 heteroatoms. The molecule has 1 aliphatic rings. The number of amides is 1. The SMILES string of the molecule is CC1CN(C(=O)O)C1C(C)(C)C. The van der Waals surface area contributed by atoms with Gasteiger partial charge in [-0.3, -0.25) is 0 Å². The van der Waals surface area contributed by atoms with Crippen LogP contribution in [0.3, 0.4) is 0 Å². The maximum absolute atomic E-state index is 10.7. The Balaban J connectivity index is 2.68. The molecule has 1 heterocycles. The first-order chi connectivity index (χ1) is 5.34. The minimum Gasteiger partial charge on any atom is -0.465 e. The zero-order valence-corrected chi connectivity index (χ0v) is 8.16. The van der Waals surface area contributed by atoms with Crippen LogP contribution in [0.4, 0.5) is 4.79 Å². The molecular formula is C9H17NO2. The van der Waals surface area contributed by atoms with Gasteiger partial charge in [-0.15, -0.1) is 0 Å². The average Bonchev–Trinajstić information content (AvgIpc) is 1.77. The van der Waals surface area contributed by atoms with E-state index in [1.807, 2.05) is 0 Å². The molecule has 1 N–H and O–H groups in total. The molecule has 2 atom stereocenters. The normalized spacial score (nSPS) is 29.8. The second kappa shape index (κ2) is 2.64. The Bertz CT molecular complexity index is 195. The zero-order valence-electron chi connectivity index (χ0n) is 8.16. The molecule has 0 aromatic carbocycles. The fraction of sp³-hybridized carbons (Fsp3) is 0.889. The maximum Gasteiger partial charge on any atom is 0.407 e. The average molecular weight is 171 g/mol. The van der Waals surface area contributed by atoms with Crippen molar-refractivity contribution in [2.24, 2.45) is 11.3 Å². The number of nitrogens with zero attached hydrogens (tertiary/aromatic N) is 1. The molecule has 12 heavy (non-hydrogen) atoms. The summed E-state index contributed by atoms with van der Waals surface area (Å²) in [7, 11) is 0. The van der Waals surface area contributed by atoms with Crippen LogP contribution in [0, 0.1) is 11.3 Å². The molecule has 0 spiro atoms. The Morgan fingerprint density at radius 3 is 2.17 bits per heavy atom. The van der Waals surface area contributed by atoms with Crippen LogP contribution in [0.2, 0.25) is 0 Å². The van der Waals surface area contributed by atoms with E-state index >= 15 is 0 Å². The molecule has 3 nitrogen and oxygen atoms in total. The molecule has 1 fully saturated rings. The zero-order chi connectivity index (χ0) is 9.52. The first kappa shape index (κ1) is 9.36. The fourth-order valence-corrected chi connectivity index (χ4v) is 2.21. The van der Waals surface area contributed by atoms with E-state index in [-0.39, 0.29) is 11.5 Å². The summed E-state index contributed by atoms with van der Waals surface area (Å²) >= 11 is 0. The van der Waals surface area contributed by atoms with E-state index in [2.05, 4.69) is 27.7 Å². The van der Waals surface area contributed by atoms with Gasteiger partial charge >= 0.3 is 6.09 Å². The molecule has 0 saturated carbocycles. The summed E-state index contributed by atoms with van der Waals surface area (Å²) in [5.74, 6) is 0.501. The molecule has 2 unspecified atom stereocenters. The van der Waals surface area contributed by atoms with Crippen LogP contribution in [0.5, 0.6) is 0 Å². The van der Waals surface area contributed by atoms with Crippen LogP contribution >= 0.6 is 0 Å². The third-order valence-electron chi connectivity index (χ3n) is 2.49. The Hall–Kier alpha value is -0.730. The monoisotopic (exact) mass is 171 g/mol.